The number of isocyanates is 1. The highest BCUT2D eigenvalue weighted by Crippen LogP contribution is 2.25. The molecule has 0 unspecified atom stereocenters. The van der Waals surface area contributed by atoms with E-state index < -0.39 is 0 Å². The summed E-state index contributed by atoms with van der Waals surface area (Å²) in [5, 5.41) is 0. The Morgan fingerprint density at radius 2 is 2.23 bits per heavy atom. The first-order valence-electron chi connectivity index (χ1n) is 3.63. The zero-order valence-corrected chi connectivity index (χ0v) is 7.03. The fourth-order valence-electron chi connectivity index (χ4n) is 0.964. The fourth-order valence-corrected chi connectivity index (χ4v) is 0.964. The summed E-state index contributed by atoms with van der Waals surface area (Å²) in [5.41, 5.74) is 2.04. The van der Waals surface area contributed by atoms with Crippen molar-refractivity contribution in [3.05, 3.63) is 30.3 Å². The van der Waals surface area contributed by atoms with E-state index in [1.54, 1.807) is 24.3 Å². The van der Waals surface area contributed by atoms with Crippen molar-refractivity contribution in [1.82, 2.24) is 0 Å². The van der Waals surface area contributed by atoms with Gasteiger partial charge >= 0.3 is 0 Å². The molecule has 0 saturated carbocycles. The van der Waals surface area contributed by atoms with Gasteiger partial charge in [0.25, 0.3) is 0 Å². The molecule has 1 rings (SSSR count). The van der Waals surface area contributed by atoms with Gasteiger partial charge in [0.05, 0.1) is 11.4 Å². The van der Waals surface area contributed by atoms with Gasteiger partial charge in [0, 0.05) is 0 Å². The smallest absolute Gasteiger partial charge is 0.240 e. The average Bonchev–Trinajstić information content (AvgIpc) is 2.18. The van der Waals surface area contributed by atoms with Gasteiger partial charge in [-0.25, -0.2) is 4.79 Å². The summed E-state index contributed by atoms with van der Waals surface area (Å²) in [7, 11) is 0. The summed E-state index contributed by atoms with van der Waals surface area (Å²) >= 11 is 0. The van der Waals surface area contributed by atoms with E-state index in [1.165, 1.54) is 6.08 Å². The number of carbonyl (C=O) groups excluding carboxylic acids is 1. The molecule has 0 aliphatic heterocycles. The zero-order chi connectivity index (χ0) is 9.68. The second-order valence-electron chi connectivity index (χ2n) is 2.31. The summed E-state index contributed by atoms with van der Waals surface area (Å²) in [4.78, 5) is 17.2. The molecular formula is C10H8N2O. The molecular weight excluding hydrogens is 164 g/mol. The van der Waals surface area contributed by atoms with E-state index >= 15 is 0 Å². The lowest BCUT2D eigenvalue weighted by atomic mass is 10.1. The minimum absolute atomic E-state index is 0.517. The van der Waals surface area contributed by atoms with Crippen LogP contribution < -0.4 is 0 Å². The molecule has 0 atom stereocenters. The van der Waals surface area contributed by atoms with Crippen molar-refractivity contribution in [3.8, 4) is 0 Å². The summed E-state index contributed by atoms with van der Waals surface area (Å²) < 4.78 is 0. The van der Waals surface area contributed by atoms with Crippen LogP contribution in [0, 0.1) is 0 Å². The number of rotatable bonds is 3. The first-order chi connectivity index (χ1) is 6.31. The molecule has 0 aliphatic carbocycles. The van der Waals surface area contributed by atoms with Crippen molar-refractivity contribution in [3.63, 3.8) is 0 Å². The largest absolute Gasteiger partial charge is 0.264 e. The fraction of sp³-hybridized carbons (Fsp3) is 0. The van der Waals surface area contributed by atoms with Crippen LogP contribution >= 0.6 is 0 Å². The Morgan fingerprint density at radius 3 is 2.77 bits per heavy atom. The van der Waals surface area contributed by atoms with Crippen molar-refractivity contribution < 1.29 is 4.79 Å². The summed E-state index contributed by atoms with van der Waals surface area (Å²) in [6, 6.07) is 5.11. The lowest BCUT2D eigenvalue weighted by Crippen LogP contribution is -1.73. The van der Waals surface area contributed by atoms with E-state index in [-0.39, 0.29) is 0 Å². The Balaban J connectivity index is 3.27. The van der Waals surface area contributed by atoms with E-state index in [9.17, 15) is 4.79 Å². The number of hydrogen-bond acceptors (Lipinski definition) is 3. The van der Waals surface area contributed by atoms with Gasteiger partial charge in [-0.2, -0.15) is 4.99 Å². The van der Waals surface area contributed by atoms with Gasteiger partial charge in [-0.3, -0.25) is 4.99 Å². The first kappa shape index (κ1) is 9.10. The standard InChI is InChI=1S/C10H8N2O/c1-3-8-4-5-9(12-7-13)6-10(8)11-2/h3-6H,1-2H2. The van der Waals surface area contributed by atoms with Gasteiger partial charge in [-0.15, -0.1) is 0 Å². The number of hydrogen-bond donors (Lipinski definition) is 0. The van der Waals surface area contributed by atoms with Crippen LogP contribution in [0.15, 0.2) is 34.8 Å². The minimum Gasteiger partial charge on any atom is -0.264 e. The average molecular weight is 172 g/mol. The van der Waals surface area contributed by atoms with Crippen LogP contribution in [-0.4, -0.2) is 12.8 Å². The van der Waals surface area contributed by atoms with Crippen LogP contribution in [0.2, 0.25) is 0 Å². The maximum absolute atomic E-state index is 9.97. The molecule has 3 heteroatoms. The Morgan fingerprint density at radius 1 is 1.46 bits per heavy atom. The number of nitrogens with zero attached hydrogens (tertiary/aromatic N) is 2. The van der Waals surface area contributed by atoms with Crippen molar-refractivity contribution in [2.45, 2.75) is 0 Å². The number of benzene rings is 1. The van der Waals surface area contributed by atoms with Crippen molar-refractivity contribution in [2.24, 2.45) is 9.98 Å². The molecule has 1 aromatic rings. The molecule has 0 aliphatic rings. The molecule has 13 heavy (non-hydrogen) atoms. The quantitative estimate of drug-likeness (QED) is 0.510. The summed E-state index contributed by atoms with van der Waals surface area (Å²) in [6.07, 6.45) is 3.12. The highest BCUT2D eigenvalue weighted by molar-refractivity contribution is 5.69. The first-order valence-corrected chi connectivity index (χ1v) is 3.63. The Labute approximate surface area is 76.2 Å². The molecule has 3 nitrogen and oxygen atoms in total. The molecule has 0 spiro atoms. The molecule has 0 saturated heterocycles. The highest BCUT2D eigenvalue weighted by Gasteiger charge is 1.97. The van der Waals surface area contributed by atoms with Crippen molar-refractivity contribution >= 4 is 30.2 Å². The second kappa shape index (κ2) is 4.14. The lowest BCUT2D eigenvalue weighted by molar-refractivity contribution is 0.565. The molecule has 64 valence electrons. The third-order valence-corrected chi connectivity index (χ3v) is 1.58. The summed E-state index contributed by atoms with van der Waals surface area (Å²) in [6.45, 7) is 7.02. The van der Waals surface area contributed by atoms with E-state index in [4.69, 9.17) is 0 Å². The van der Waals surface area contributed by atoms with Crippen LogP contribution in [-0.2, 0) is 4.79 Å². The maximum atomic E-state index is 9.97. The van der Waals surface area contributed by atoms with Crippen LogP contribution in [0.5, 0.6) is 0 Å². The van der Waals surface area contributed by atoms with Gasteiger partial charge in [-0.1, -0.05) is 18.7 Å². The molecule has 1 aromatic carbocycles. The minimum atomic E-state index is 0.517. The normalized spacial score (nSPS) is 8.62. The highest BCUT2D eigenvalue weighted by atomic mass is 16.1. The van der Waals surface area contributed by atoms with E-state index in [2.05, 4.69) is 23.3 Å². The lowest BCUT2D eigenvalue weighted by Gasteiger charge is -1.99. The molecule has 0 aromatic heterocycles. The van der Waals surface area contributed by atoms with Gasteiger partial charge in [0.1, 0.15) is 0 Å². The monoisotopic (exact) mass is 172 g/mol. The molecule has 0 radical (unpaired) electrons. The topological polar surface area (TPSA) is 41.8 Å². The Bertz CT molecular complexity index is 390. The SMILES string of the molecule is C=Cc1ccc(N=C=O)cc1N=C. The van der Waals surface area contributed by atoms with Crippen LogP contribution in [0.4, 0.5) is 11.4 Å². The Kier molecular flexibility index (Phi) is 2.90. The van der Waals surface area contributed by atoms with Gasteiger partial charge < -0.3 is 0 Å². The van der Waals surface area contributed by atoms with Crippen LogP contribution in [0.25, 0.3) is 6.08 Å². The predicted octanol–water partition coefficient (Wildman–Crippen LogP) is 2.63. The van der Waals surface area contributed by atoms with Gasteiger partial charge in [-0.05, 0) is 24.4 Å². The van der Waals surface area contributed by atoms with Gasteiger partial charge in [0.15, 0.2) is 0 Å². The zero-order valence-electron chi connectivity index (χ0n) is 7.03. The third kappa shape index (κ3) is 1.98. The van der Waals surface area contributed by atoms with E-state index in [1.807, 2.05) is 0 Å². The maximum Gasteiger partial charge on any atom is 0.240 e. The summed E-state index contributed by atoms with van der Waals surface area (Å²) in [5.74, 6) is 0. The van der Waals surface area contributed by atoms with Crippen LogP contribution in [0.3, 0.4) is 0 Å². The molecule has 0 N–H and O–H groups in total. The van der Waals surface area contributed by atoms with E-state index in [0.29, 0.717) is 11.4 Å². The third-order valence-electron chi connectivity index (χ3n) is 1.58. The Hall–Kier alpha value is -1.99. The van der Waals surface area contributed by atoms with E-state index in [0.717, 1.165) is 5.56 Å². The van der Waals surface area contributed by atoms with Crippen molar-refractivity contribution in [1.29, 1.82) is 0 Å². The number of aliphatic imine (C=N–C) groups is 2. The second-order valence-corrected chi connectivity index (χ2v) is 2.31. The molecule has 0 heterocycles. The predicted molar refractivity (Wildman–Crippen MR) is 53.5 cm³/mol. The van der Waals surface area contributed by atoms with Crippen molar-refractivity contribution in [2.75, 3.05) is 0 Å². The van der Waals surface area contributed by atoms with Gasteiger partial charge in [0.2, 0.25) is 6.08 Å². The van der Waals surface area contributed by atoms with Crippen LogP contribution in [0.1, 0.15) is 5.56 Å². The molecule has 0 fully saturated rings. The molecule has 0 bridgehead atoms. The molecule has 0 amide bonds.